The van der Waals surface area contributed by atoms with E-state index in [9.17, 15) is 0 Å². The lowest BCUT2D eigenvalue weighted by molar-refractivity contribution is 0.162. The summed E-state index contributed by atoms with van der Waals surface area (Å²) in [6.45, 7) is 6.03. The van der Waals surface area contributed by atoms with Crippen LogP contribution in [0.3, 0.4) is 0 Å². The van der Waals surface area contributed by atoms with E-state index < -0.39 is 0 Å². The lowest BCUT2D eigenvalue weighted by Crippen LogP contribution is -2.48. The summed E-state index contributed by atoms with van der Waals surface area (Å²) in [5, 5.41) is 4.41. The first-order valence-corrected chi connectivity index (χ1v) is 7.16. The van der Waals surface area contributed by atoms with Gasteiger partial charge in [-0.1, -0.05) is 19.8 Å². The van der Waals surface area contributed by atoms with Crippen LogP contribution in [0.4, 0.5) is 0 Å². The van der Waals surface area contributed by atoms with Crippen LogP contribution in [0.25, 0.3) is 0 Å². The number of rotatable bonds is 6. The summed E-state index contributed by atoms with van der Waals surface area (Å²) in [7, 11) is 1.74. The smallest absolute Gasteiger partial charge is 0.169 e. The molecule has 100 valence electrons. The van der Waals surface area contributed by atoms with Gasteiger partial charge >= 0.3 is 0 Å². The molecule has 1 saturated carbocycles. The maximum absolute atomic E-state index is 5.53. The zero-order valence-corrected chi connectivity index (χ0v) is 12.2. The zero-order chi connectivity index (χ0) is 12.7. The molecule has 0 radical (unpaired) electrons. The van der Waals surface area contributed by atoms with Gasteiger partial charge in [0.1, 0.15) is 0 Å². The summed E-state index contributed by atoms with van der Waals surface area (Å²) < 4.78 is 5.16. The Morgan fingerprint density at radius 1 is 1.47 bits per heavy atom. The van der Waals surface area contributed by atoms with Gasteiger partial charge in [-0.25, -0.2) is 0 Å². The third-order valence-corrected chi connectivity index (χ3v) is 3.96. The third kappa shape index (κ3) is 4.80. The Balaban J connectivity index is 2.45. The average molecular weight is 258 g/mol. The predicted octanol–water partition coefficient (Wildman–Crippen LogP) is 2.55. The Labute approximate surface area is 111 Å². The summed E-state index contributed by atoms with van der Waals surface area (Å²) in [5.41, 5.74) is 0. The molecule has 4 heteroatoms. The second-order valence-corrected chi connectivity index (χ2v) is 5.26. The van der Waals surface area contributed by atoms with Crippen LogP contribution in [0.1, 0.15) is 46.0 Å². The van der Waals surface area contributed by atoms with E-state index in [4.69, 9.17) is 17.0 Å². The van der Waals surface area contributed by atoms with Crippen molar-refractivity contribution in [2.24, 2.45) is 0 Å². The van der Waals surface area contributed by atoms with Crippen LogP contribution in [0.15, 0.2) is 0 Å². The standard InChI is InChI=1S/C13H26N2OS/c1-4-11(2)15(9-10-16-3)13(17)14-12-7-5-6-8-12/h11-12H,4-10H2,1-3H3,(H,14,17). The fraction of sp³-hybridized carbons (Fsp3) is 0.923. The van der Waals surface area contributed by atoms with E-state index in [-0.39, 0.29) is 0 Å². The number of hydrogen-bond donors (Lipinski definition) is 1. The number of methoxy groups -OCH3 is 1. The number of thiocarbonyl (C=S) groups is 1. The van der Waals surface area contributed by atoms with Gasteiger partial charge in [0, 0.05) is 25.7 Å². The molecule has 1 N–H and O–H groups in total. The van der Waals surface area contributed by atoms with Gasteiger partial charge in [0.15, 0.2) is 5.11 Å². The minimum atomic E-state index is 0.478. The minimum Gasteiger partial charge on any atom is -0.383 e. The van der Waals surface area contributed by atoms with Crippen LogP contribution in [0.5, 0.6) is 0 Å². The van der Waals surface area contributed by atoms with E-state index >= 15 is 0 Å². The quantitative estimate of drug-likeness (QED) is 0.740. The Morgan fingerprint density at radius 2 is 2.12 bits per heavy atom. The number of nitrogens with one attached hydrogen (secondary N) is 1. The van der Waals surface area contributed by atoms with Gasteiger partial charge < -0.3 is 15.0 Å². The highest BCUT2D eigenvalue weighted by Crippen LogP contribution is 2.18. The predicted molar refractivity (Wildman–Crippen MR) is 76.3 cm³/mol. The average Bonchev–Trinajstić information content (AvgIpc) is 2.81. The van der Waals surface area contributed by atoms with Crippen molar-refractivity contribution in [3.63, 3.8) is 0 Å². The SMILES string of the molecule is CCC(C)N(CCOC)C(=S)NC1CCCC1. The van der Waals surface area contributed by atoms with E-state index in [1.807, 2.05) is 0 Å². The van der Waals surface area contributed by atoms with Crippen LogP contribution in [0.2, 0.25) is 0 Å². The molecule has 0 aromatic heterocycles. The van der Waals surface area contributed by atoms with Crippen LogP contribution in [-0.2, 0) is 4.74 Å². The molecule has 0 bridgehead atoms. The minimum absolute atomic E-state index is 0.478. The Morgan fingerprint density at radius 3 is 2.65 bits per heavy atom. The molecular weight excluding hydrogens is 232 g/mol. The molecule has 1 unspecified atom stereocenters. The van der Waals surface area contributed by atoms with Gasteiger partial charge in [-0.2, -0.15) is 0 Å². The normalized spacial score (nSPS) is 18.1. The molecular formula is C13H26N2OS. The van der Waals surface area contributed by atoms with Gasteiger partial charge in [0.05, 0.1) is 6.61 Å². The largest absolute Gasteiger partial charge is 0.383 e. The van der Waals surface area contributed by atoms with Crippen LogP contribution < -0.4 is 5.32 Å². The fourth-order valence-electron chi connectivity index (χ4n) is 2.26. The summed E-state index contributed by atoms with van der Waals surface area (Å²) in [6.07, 6.45) is 6.30. The Bertz CT molecular complexity index is 229. The first-order valence-electron chi connectivity index (χ1n) is 6.75. The molecule has 3 nitrogen and oxygen atoms in total. The molecule has 0 amide bonds. The number of nitrogens with zero attached hydrogens (tertiary/aromatic N) is 1. The highest BCUT2D eigenvalue weighted by atomic mass is 32.1. The summed E-state index contributed by atoms with van der Waals surface area (Å²) in [4.78, 5) is 2.26. The van der Waals surface area contributed by atoms with E-state index in [0.29, 0.717) is 12.1 Å². The number of hydrogen-bond acceptors (Lipinski definition) is 2. The fourth-order valence-corrected chi connectivity index (χ4v) is 2.70. The van der Waals surface area contributed by atoms with Crippen LogP contribution in [0, 0.1) is 0 Å². The van der Waals surface area contributed by atoms with E-state index in [1.165, 1.54) is 25.7 Å². The topological polar surface area (TPSA) is 24.5 Å². The molecule has 0 heterocycles. The molecule has 1 aliphatic carbocycles. The molecule has 1 fully saturated rings. The van der Waals surface area contributed by atoms with Crippen molar-refractivity contribution in [2.75, 3.05) is 20.3 Å². The van der Waals surface area contributed by atoms with E-state index in [0.717, 1.165) is 24.7 Å². The summed E-state index contributed by atoms with van der Waals surface area (Å²) >= 11 is 5.53. The first kappa shape index (κ1) is 14.7. The maximum atomic E-state index is 5.53. The first-order chi connectivity index (χ1) is 8.19. The lowest BCUT2D eigenvalue weighted by Gasteiger charge is -2.32. The highest BCUT2D eigenvalue weighted by molar-refractivity contribution is 7.80. The molecule has 0 aromatic rings. The summed E-state index contributed by atoms with van der Waals surface area (Å²) in [6, 6.07) is 1.07. The second kappa shape index (κ2) is 7.88. The lowest BCUT2D eigenvalue weighted by atomic mass is 10.2. The molecule has 0 aromatic carbocycles. The maximum Gasteiger partial charge on any atom is 0.169 e. The number of ether oxygens (including phenoxy) is 1. The van der Waals surface area contributed by atoms with Gasteiger partial charge in [-0.05, 0) is 38.4 Å². The van der Waals surface area contributed by atoms with Crippen molar-refractivity contribution in [3.05, 3.63) is 0 Å². The monoisotopic (exact) mass is 258 g/mol. The third-order valence-electron chi connectivity index (χ3n) is 3.60. The van der Waals surface area contributed by atoms with Gasteiger partial charge in [0.25, 0.3) is 0 Å². The molecule has 1 atom stereocenters. The van der Waals surface area contributed by atoms with Gasteiger partial charge in [-0.3, -0.25) is 0 Å². The highest BCUT2D eigenvalue weighted by Gasteiger charge is 2.20. The van der Waals surface area contributed by atoms with E-state index in [1.54, 1.807) is 7.11 Å². The molecule has 0 saturated heterocycles. The van der Waals surface area contributed by atoms with Crippen LogP contribution in [-0.4, -0.2) is 42.4 Å². The molecule has 17 heavy (non-hydrogen) atoms. The van der Waals surface area contributed by atoms with Gasteiger partial charge in [0.2, 0.25) is 0 Å². The molecule has 1 rings (SSSR count). The Kier molecular flexibility index (Phi) is 6.82. The van der Waals surface area contributed by atoms with Crippen molar-refractivity contribution >= 4 is 17.3 Å². The zero-order valence-electron chi connectivity index (χ0n) is 11.4. The Hall–Kier alpha value is -0.350. The molecule has 0 aliphatic heterocycles. The van der Waals surface area contributed by atoms with Crippen molar-refractivity contribution in [1.29, 1.82) is 0 Å². The summed E-state index contributed by atoms with van der Waals surface area (Å²) in [5.74, 6) is 0. The van der Waals surface area contributed by atoms with Crippen molar-refractivity contribution < 1.29 is 4.74 Å². The second-order valence-electron chi connectivity index (χ2n) is 4.87. The van der Waals surface area contributed by atoms with Crippen molar-refractivity contribution in [3.8, 4) is 0 Å². The van der Waals surface area contributed by atoms with Crippen molar-refractivity contribution in [2.45, 2.75) is 58.0 Å². The molecule has 1 aliphatic rings. The van der Waals surface area contributed by atoms with Gasteiger partial charge in [-0.15, -0.1) is 0 Å². The van der Waals surface area contributed by atoms with Crippen LogP contribution >= 0.6 is 12.2 Å². The molecule has 0 spiro atoms. The van der Waals surface area contributed by atoms with E-state index in [2.05, 4.69) is 24.1 Å². The van der Waals surface area contributed by atoms with Crippen molar-refractivity contribution in [1.82, 2.24) is 10.2 Å².